The summed E-state index contributed by atoms with van der Waals surface area (Å²) in [5.74, 6) is 5.13. The van der Waals surface area contributed by atoms with Crippen molar-refractivity contribution in [2.75, 3.05) is 0 Å². The highest BCUT2D eigenvalue weighted by Gasteiger charge is 1.90. The summed E-state index contributed by atoms with van der Waals surface area (Å²) < 4.78 is 0. The molecular formula is C6H10N2. The Kier molecular flexibility index (Phi) is 1.70. The first-order chi connectivity index (χ1) is 3.93. The van der Waals surface area contributed by atoms with E-state index in [0.29, 0.717) is 0 Å². The Hall–Kier alpha value is -0.760. The Labute approximate surface area is 49.0 Å². The van der Waals surface area contributed by atoms with Crippen LogP contribution in [0.2, 0.25) is 0 Å². The molecule has 0 fully saturated rings. The molecular weight excluding hydrogens is 100 g/mol. The maximum absolute atomic E-state index is 5.13. The van der Waals surface area contributed by atoms with E-state index in [4.69, 9.17) is 5.84 Å². The van der Waals surface area contributed by atoms with Gasteiger partial charge in [0.2, 0.25) is 0 Å². The third kappa shape index (κ3) is 1.10. The second-order valence-electron chi connectivity index (χ2n) is 1.78. The lowest BCUT2D eigenvalue weighted by Gasteiger charge is -2.03. The molecule has 0 spiro atoms. The molecule has 0 atom stereocenters. The zero-order valence-corrected chi connectivity index (χ0v) is 4.72. The zero-order chi connectivity index (χ0) is 5.82. The van der Waals surface area contributed by atoms with Gasteiger partial charge in [-0.1, -0.05) is 12.2 Å². The summed E-state index contributed by atoms with van der Waals surface area (Å²) in [7, 11) is 0. The van der Waals surface area contributed by atoms with E-state index >= 15 is 0 Å². The fourth-order valence-electron chi connectivity index (χ4n) is 0.720. The van der Waals surface area contributed by atoms with Gasteiger partial charge in [-0.25, -0.2) is 0 Å². The minimum atomic E-state index is 1.02. The lowest BCUT2D eigenvalue weighted by atomic mass is 10.2. The van der Waals surface area contributed by atoms with Gasteiger partial charge < -0.3 is 5.43 Å². The normalized spacial score (nSPS) is 17.9. The van der Waals surface area contributed by atoms with Gasteiger partial charge in [0, 0.05) is 5.70 Å². The van der Waals surface area contributed by atoms with Crippen LogP contribution in [0.25, 0.3) is 0 Å². The van der Waals surface area contributed by atoms with Gasteiger partial charge in [-0.05, 0) is 18.9 Å². The molecule has 3 N–H and O–H groups in total. The molecule has 2 nitrogen and oxygen atoms in total. The fourth-order valence-corrected chi connectivity index (χ4v) is 0.720. The van der Waals surface area contributed by atoms with E-state index < -0.39 is 0 Å². The predicted octanol–water partition coefficient (Wildman–Crippen LogP) is 0.684. The van der Waals surface area contributed by atoms with Crippen LogP contribution >= 0.6 is 0 Å². The standard InChI is InChI=1S/C6H10N2/c7-8-6-4-2-1-3-5-6/h2,4-5,8H,1,3,7H2. The molecule has 1 rings (SSSR count). The molecule has 8 heavy (non-hydrogen) atoms. The van der Waals surface area contributed by atoms with Gasteiger partial charge in [-0.3, -0.25) is 5.84 Å². The number of hydrazine groups is 1. The summed E-state index contributed by atoms with van der Waals surface area (Å²) >= 11 is 0. The molecule has 0 saturated carbocycles. The molecule has 2 heteroatoms. The SMILES string of the molecule is NNC1=CCCC=C1. The van der Waals surface area contributed by atoms with E-state index in [1.54, 1.807) is 0 Å². The van der Waals surface area contributed by atoms with Gasteiger partial charge in [-0.15, -0.1) is 0 Å². The van der Waals surface area contributed by atoms with Crippen molar-refractivity contribution in [2.45, 2.75) is 12.8 Å². The third-order valence-electron chi connectivity index (χ3n) is 1.16. The molecule has 0 aromatic carbocycles. The highest BCUT2D eigenvalue weighted by molar-refractivity contribution is 5.19. The first kappa shape index (κ1) is 5.38. The maximum Gasteiger partial charge on any atom is 0.0442 e. The smallest absolute Gasteiger partial charge is 0.0442 e. The monoisotopic (exact) mass is 110 g/mol. The molecule has 0 unspecified atom stereocenters. The summed E-state index contributed by atoms with van der Waals surface area (Å²) in [5, 5.41) is 0. The average Bonchev–Trinajstić information content (AvgIpc) is 1.90. The quantitative estimate of drug-likeness (QED) is 0.385. The summed E-state index contributed by atoms with van der Waals surface area (Å²) in [6, 6.07) is 0. The van der Waals surface area contributed by atoms with Crippen molar-refractivity contribution < 1.29 is 0 Å². The van der Waals surface area contributed by atoms with Crippen LogP contribution in [0.1, 0.15) is 12.8 Å². The highest BCUT2D eigenvalue weighted by Crippen LogP contribution is 2.04. The maximum atomic E-state index is 5.13. The first-order valence-electron chi connectivity index (χ1n) is 2.77. The number of nitrogens with two attached hydrogens (primary N) is 1. The Morgan fingerprint density at radius 1 is 1.50 bits per heavy atom. The topological polar surface area (TPSA) is 38.0 Å². The lowest BCUT2D eigenvalue weighted by molar-refractivity contribution is 0.876. The van der Waals surface area contributed by atoms with Crippen molar-refractivity contribution >= 4 is 0 Å². The molecule has 0 aromatic heterocycles. The molecule has 0 aliphatic heterocycles. The van der Waals surface area contributed by atoms with Crippen LogP contribution in [-0.4, -0.2) is 0 Å². The number of rotatable bonds is 1. The molecule has 0 aromatic rings. The van der Waals surface area contributed by atoms with Gasteiger partial charge in [-0.2, -0.15) is 0 Å². The average molecular weight is 110 g/mol. The van der Waals surface area contributed by atoms with Gasteiger partial charge in [0.15, 0.2) is 0 Å². The van der Waals surface area contributed by atoms with Gasteiger partial charge in [0.25, 0.3) is 0 Å². The Morgan fingerprint density at radius 3 is 2.75 bits per heavy atom. The van der Waals surface area contributed by atoms with E-state index in [-0.39, 0.29) is 0 Å². The van der Waals surface area contributed by atoms with E-state index in [9.17, 15) is 0 Å². The number of hydrogen-bond donors (Lipinski definition) is 2. The fraction of sp³-hybridized carbons (Fsp3) is 0.333. The molecule has 0 radical (unpaired) electrons. The molecule has 1 aliphatic carbocycles. The van der Waals surface area contributed by atoms with Crippen molar-refractivity contribution in [3.8, 4) is 0 Å². The molecule has 0 saturated heterocycles. The Bertz CT molecular complexity index is 124. The lowest BCUT2D eigenvalue weighted by Crippen LogP contribution is -2.20. The Morgan fingerprint density at radius 2 is 2.38 bits per heavy atom. The van der Waals surface area contributed by atoms with E-state index in [1.807, 2.05) is 6.08 Å². The second kappa shape index (κ2) is 2.52. The largest absolute Gasteiger partial charge is 0.324 e. The Balaban J connectivity index is 2.51. The van der Waals surface area contributed by atoms with Gasteiger partial charge in [0.1, 0.15) is 0 Å². The second-order valence-corrected chi connectivity index (χ2v) is 1.78. The van der Waals surface area contributed by atoms with Crippen molar-refractivity contribution in [3.63, 3.8) is 0 Å². The van der Waals surface area contributed by atoms with Crippen molar-refractivity contribution in [3.05, 3.63) is 23.9 Å². The van der Waals surface area contributed by atoms with Crippen molar-refractivity contribution in [1.82, 2.24) is 5.43 Å². The van der Waals surface area contributed by atoms with E-state index in [0.717, 1.165) is 18.5 Å². The van der Waals surface area contributed by atoms with Crippen LogP contribution in [0, 0.1) is 0 Å². The molecule has 0 heterocycles. The van der Waals surface area contributed by atoms with Crippen LogP contribution < -0.4 is 11.3 Å². The highest BCUT2D eigenvalue weighted by atomic mass is 15.2. The van der Waals surface area contributed by atoms with Crippen LogP contribution in [0.3, 0.4) is 0 Å². The minimum Gasteiger partial charge on any atom is -0.324 e. The molecule has 44 valence electrons. The molecule has 1 aliphatic rings. The summed E-state index contributed by atoms with van der Waals surface area (Å²) in [5.41, 5.74) is 3.60. The molecule has 0 amide bonds. The van der Waals surface area contributed by atoms with Gasteiger partial charge in [0.05, 0.1) is 0 Å². The van der Waals surface area contributed by atoms with Crippen LogP contribution in [-0.2, 0) is 0 Å². The van der Waals surface area contributed by atoms with Crippen molar-refractivity contribution in [1.29, 1.82) is 0 Å². The summed E-state index contributed by atoms with van der Waals surface area (Å²) in [6.45, 7) is 0. The molecule has 0 bridgehead atoms. The minimum absolute atomic E-state index is 1.02. The van der Waals surface area contributed by atoms with Gasteiger partial charge >= 0.3 is 0 Å². The van der Waals surface area contributed by atoms with Crippen LogP contribution in [0.5, 0.6) is 0 Å². The summed E-state index contributed by atoms with van der Waals surface area (Å²) in [6.07, 6.45) is 8.43. The van der Waals surface area contributed by atoms with Crippen molar-refractivity contribution in [2.24, 2.45) is 5.84 Å². The first-order valence-corrected chi connectivity index (χ1v) is 2.77. The zero-order valence-electron chi connectivity index (χ0n) is 4.72. The van der Waals surface area contributed by atoms with Crippen LogP contribution in [0.4, 0.5) is 0 Å². The third-order valence-corrected chi connectivity index (χ3v) is 1.16. The number of nitrogens with one attached hydrogen (secondary N) is 1. The van der Waals surface area contributed by atoms with E-state index in [2.05, 4.69) is 17.6 Å². The van der Waals surface area contributed by atoms with Crippen LogP contribution in [0.15, 0.2) is 23.9 Å². The number of allylic oxidation sites excluding steroid dienone is 3. The van der Waals surface area contributed by atoms with E-state index in [1.165, 1.54) is 0 Å². The predicted molar refractivity (Wildman–Crippen MR) is 33.8 cm³/mol. The summed E-state index contributed by atoms with van der Waals surface area (Å²) in [4.78, 5) is 0. The number of hydrogen-bond acceptors (Lipinski definition) is 2.